The van der Waals surface area contributed by atoms with Gasteiger partial charge in [0.25, 0.3) is 0 Å². The number of hydrogen-bond acceptors (Lipinski definition) is 2. The smallest absolute Gasteiger partial charge is 0.119 e. The Morgan fingerprint density at radius 3 is 2.89 bits per heavy atom. The van der Waals surface area contributed by atoms with Crippen molar-refractivity contribution in [2.75, 3.05) is 13.7 Å². The molecule has 1 heterocycles. The van der Waals surface area contributed by atoms with Crippen molar-refractivity contribution in [1.29, 1.82) is 0 Å². The first-order valence-electron chi connectivity index (χ1n) is 6.43. The van der Waals surface area contributed by atoms with Crippen LogP contribution in [-0.4, -0.2) is 13.7 Å². The Kier molecular flexibility index (Phi) is 3.45. The normalized spacial score (nSPS) is 17.9. The molecule has 0 radical (unpaired) electrons. The number of ether oxygens (including phenoxy) is 1. The molecule has 3 rings (SSSR count). The van der Waals surface area contributed by atoms with E-state index < -0.39 is 0 Å². The van der Waals surface area contributed by atoms with Gasteiger partial charge in [-0.1, -0.05) is 29.8 Å². The van der Waals surface area contributed by atoms with Gasteiger partial charge in [-0.25, -0.2) is 0 Å². The van der Waals surface area contributed by atoms with E-state index >= 15 is 0 Å². The minimum Gasteiger partial charge on any atom is -0.497 e. The lowest BCUT2D eigenvalue weighted by molar-refractivity contribution is 0.412. The Bertz CT molecular complexity index is 597. The number of nitrogens with one attached hydrogen (secondary N) is 1. The molecular weight excluding hydrogens is 258 g/mol. The number of benzene rings is 2. The van der Waals surface area contributed by atoms with E-state index in [9.17, 15) is 0 Å². The molecule has 0 spiro atoms. The second kappa shape index (κ2) is 5.24. The molecule has 98 valence electrons. The van der Waals surface area contributed by atoms with Crippen LogP contribution in [0.25, 0.3) is 0 Å². The summed E-state index contributed by atoms with van der Waals surface area (Å²) in [7, 11) is 1.70. The van der Waals surface area contributed by atoms with E-state index in [0.29, 0.717) is 0 Å². The predicted octanol–water partition coefficient (Wildman–Crippen LogP) is 3.58. The molecule has 0 saturated heterocycles. The third-order valence-corrected chi connectivity index (χ3v) is 3.82. The van der Waals surface area contributed by atoms with Crippen LogP contribution in [0.2, 0.25) is 5.02 Å². The van der Waals surface area contributed by atoms with Crippen LogP contribution in [0, 0.1) is 0 Å². The Morgan fingerprint density at radius 1 is 1.21 bits per heavy atom. The van der Waals surface area contributed by atoms with Gasteiger partial charge in [-0.3, -0.25) is 0 Å². The number of rotatable bonds is 2. The van der Waals surface area contributed by atoms with E-state index in [1.807, 2.05) is 24.3 Å². The highest BCUT2D eigenvalue weighted by Crippen LogP contribution is 2.32. The number of hydrogen-bond donors (Lipinski definition) is 1. The van der Waals surface area contributed by atoms with Gasteiger partial charge in [0.2, 0.25) is 0 Å². The van der Waals surface area contributed by atoms with Crippen molar-refractivity contribution in [3.05, 3.63) is 64.2 Å². The molecular formula is C16H16ClNO. The Labute approximate surface area is 118 Å². The molecule has 0 unspecified atom stereocenters. The van der Waals surface area contributed by atoms with E-state index in [0.717, 1.165) is 23.7 Å². The second-order valence-electron chi connectivity index (χ2n) is 4.76. The first-order chi connectivity index (χ1) is 9.28. The minimum absolute atomic E-state index is 0.192. The maximum atomic E-state index is 6.10. The fourth-order valence-electron chi connectivity index (χ4n) is 2.64. The van der Waals surface area contributed by atoms with Crippen LogP contribution >= 0.6 is 11.6 Å². The summed E-state index contributed by atoms with van der Waals surface area (Å²) < 4.78 is 5.33. The molecule has 0 amide bonds. The molecule has 1 atom stereocenters. The largest absolute Gasteiger partial charge is 0.497 e. The lowest BCUT2D eigenvalue weighted by Gasteiger charge is -2.28. The quantitative estimate of drug-likeness (QED) is 0.903. The lowest BCUT2D eigenvalue weighted by atomic mass is 9.90. The second-order valence-corrected chi connectivity index (χ2v) is 5.19. The zero-order chi connectivity index (χ0) is 13.2. The topological polar surface area (TPSA) is 21.3 Å². The summed E-state index contributed by atoms with van der Waals surface area (Å²) in [5.41, 5.74) is 3.86. The van der Waals surface area contributed by atoms with Crippen molar-refractivity contribution < 1.29 is 4.74 Å². The number of fused-ring (bicyclic) bond motifs is 1. The Hall–Kier alpha value is -1.51. The summed E-state index contributed by atoms with van der Waals surface area (Å²) in [6.07, 6.45) is 1.05. The van der Waals surface area contributed by atoms with Gasteiger partial charge in [0, 0.05) is 11.6 Å². The molecule has 0 bridgehead atoms. The molecule has 1 aliphatic rings. The van der Waals surface area contributed by atoms with Crippen molar-refractivity contribution in [2.45, 2.75) is 12.5 Å². The highest BCUT2D eigenvalue weighted by molar-refractivity contribution is 6.30. The molecule has 2 aromatic rings. The van der Waals surface area contributed by atoms with Crippen LogP contribution in [0.5, 0.6) is 5.75 Å². The van der Waals surface area contributed by atoms with Gasteiger partial charge in [0.1, 0.15) is 5.75 Å². The van der Waals surface area contributed by atoms with Crippen LogP contribution in [0.4, 0.5) is 0 Å². The molecule has 3 heteroatoms. The Balaban J connectivity index is 2.06. The first-order valence-corrected chi connectivity index (χ1v) is 6.81. The molecule has 1 aliphatic heterocycles. The first kappa shape index (κ1) is 12.5. The van der Waals surface area contributed by atoms with Gasteiger partial charge in [-0.05, 0) is 47.4 Å². The molecule has 19 heavy (non-hydrogen) atoms. The van der Waals surface area contributed by atoms with Crippen molar-refractivity contribution in [3.63, 3.8) is 0 Å². The average molecular weight is 274 g/mol. The molecule has 0 saturated carbocycles. The number of halogens is 1. The van der Waals surface area contributed by atoms with Gasteiger partial charge in [-0.15, -0.1) is 0 Å². The number of methoxy groups -OCH3 is 1. The monoisotopic (exact) mass is 273 g/mol. The Morgan fingerprint density at radius 2 is 2.11 bits per heavy atom. The summed E-state index contributed by atoms with van der Waals surface area (Å²) >= 11 is 6.10. The summed E-state index contributed by atoms with van der Waals surface area (Å²) in [6.45, 7) is 0.983. The van der Waals surface area contributed by atoms with Crippen LogP contribution < -0.4 is 10.1 Å². The van der Waals surface area contributed by atoms with Crippen LogP contribution in [0.1, 0.15) is 22.7 Å². The molecule has 0 fully saturated rings. The minimum atomic E-state index is 0.192. The van der Waals surface area contributed by atoms with E-state index in [1.54, 1.807) is 7.11 Å². The third-order valence-electron chi connectivity index (χ3n) is 3.59. The van der Waals surface area contributed by atoms with Crippen molar-refractivity contribution in [3.8, 4) is 5.75 Å². The van der Waals surface area contributed by atoms with E-state index in [4.69, 9.17) is 16.3 Å². The van der Waals surface area contributed by atoms with Crippen LogP contribution in [0.3, 0.4) is 0 Å². The fraction of sp³-hybridized carbons (Fsp3) is 0.250. The molecule has 0 aliphatic carbocycles. The van der Waals surface area contributed by atoms with Gasteiger partial charge in [0.15, 0.2) is 0 Å². The van der Waals surface area contributed by atoms with Crippen LogP contribution in [0.15, 0.2) is 42.5 Å². The zero-order valence-corrected chi connectivity index (χ0v) is 11.6. The van der Waals surface area contributed by atoms with Gasteiger partial charge in [-0.2, -0.15) is 0 Å². The highest BCUT2D eigenvalue weighted by atomic mass is 35.5. The third kappa shape index (κ3) is 2.46. The highest BCUT2D eigenvalue weighted by Gasteiger charge is 2.21. The maximum absolute atomic E-state index is 6.10. The fourth-order valence-corrected chi connectivity index (χ4v) is 2.84. The van der Waals surface area contributed by atoms with Crippen LogP contribution in [-0.2, 0) is 6.42 Å². The molecule has 2 nitrogen and oxygen atoms in total. The molecule has 0 aromatic heterocycles. The summed E-state index contributed by atoms with van der Waals surface area (Å²) in [4.78, 5) is 0. The van der Waals surface area contributed by atoms with Gasteiger partial charge in [0.05, 0.1) is 13.2 Å². The maximum Gasteiger partial charge on any atom is 0.119 e. The van der Waals surface area contributed by atoms with E-state index in [2.05, 4.69) is 23.5 Å². The summed E-state index contributed by atoms with van der Waals surface area (Å²) in [5, 5.41) is 4.33. The average Bonchev–Trinajstić information content (AvgIpc) is 2.46. The van der Waals surface area contributed by atoms with Crippen molar-refractivity contribution in [2.24, 2.45) is 0 Å². The standard InChI is InChI=1S/C16H16ClNO/c1-19-14-6-5-11-7-8-18-16(15(11)10-14)12-3-2-4-13(17)9-12/h2-6,9-10,16,18H,7-8H2,1H3/t16-/m1/s1. The van der Waals surface area contributed by atoms with Crippen molar-refractivity contribution >= 4 is 11.6 Å². The summed E-state index contributed by atoms with van der Waals surface area (Å²) in [5.74, 6) is 0.898. The molecule has 2 aromatic carbocycles. The SMILES string of the molecule is COc1ccc2c(c1)[C@@H](c1cccc(Cl)c1)NCC2. The zero-order valence-electron chi connectivity index (χ0n) is 10.8. The van der Waals surface area contributed by atoms with E-state index in [-0.39, 0.29) is 6.04 Å². The van der Waals surface area contributed by atoms with E-state index in [1.165, 1.54) is 16.7 Å². The lowest BCUT2D eigenvalue weighted by Crippen LogP contribution is -2.30. The van der Waals surface area contributed by atoms with Crippen molar-refractivity contribution in [1.82, 2.24) is 5.32 Å². The van der Waals surface area contributed by atoms with Gasteiger partial charge >= 0.3 is 0 Å². The molecule has 1 N–H and O–H groups in total. The van der Waals surface area contributed by atoms with Gasteiger partial charge < -0.3 is 10.1 Å². The summed E-state index contributed by atoms with van der Waals surface area (Å²) in [6, 6.07) is 14.5. The predicted molar refractivity (Wildman–Crippen MR) is 78.0 cm³/mol.